The molecule has 0 aliphatic heterocycles. The second kappa shape index (κ2) is 3.06. The summed E-state index contributed by atoms with van der Waals surface area (Å²) in [6.07, 6.45) is 6.08. The third-order valence-electron chi connectivity index (χ3n) is 1.97. The van der Waals surface area contributed by atoms with Gasteiger partial charge in [-0.05, 0) is 0 Å². The topological polar surface area (TPSA) is 47.0 Å². The number of fused-ring (bicyclic) bond motifs is 1. The summed E-state index contributed by atoms with van der Waals surface area (Å²) in [5.74, 6) is 0. The summed E-state index contributed by atoms with van der Waals surface area (Å²) in [6, 6.07) is 7.19. The predicted molar refractivity (Wildman–Crippen MR) is 54.3 cm³/mol. The molecule has 1 aromatic carbocycles. The van der Waals surface area contributed by atoms with Gasteiger partial charge in [-0.3, -0.25) is 4.98 Å². The van der Waals surface area contributed by atoms with Crippen molar-refractivity contribution in [1.29, 1.82) is 0 Å². The van der Waals surface area contributed by atoms with Crippen LogP contribution in [0.15, 0.2) is 41.6 Å². The normalized spacial score (nSPS) is 11.8. The number of benzene rings is 1. The van der Waals surface area contributed by atoms with Gasteiger partial charge in [0, 0.05) is 23.2 Å². The van der Waals surface area contributed by atoms with E-state index in [0.29, 0.717) is 5.39 Å². The molecule has 4 heteroatoms. The average molecular weight is 206 g/mol. The highest BCUT2D eigenvalue weighted by Gasteiger charge is 2.11. The van der Waals surface area contributed by atoms with Crippen LogP contribution in [0, 0.1) is 6.26 Å². The first-order valence-corrected chi connectivity index (χ1v) is 5.65. The molecule has 2 aromatic rings. The molecule has 0 saturated carbocycles. The number of pyridine rings is 1. The van der Waals surface area contributed by atoms with E-state index in [1.165, 1.54) is 6.20 Å². The molecule has 0 aliphatic carbocycles. The van der Waals surface area contributed by atoms with Gasteiger partial charge < -0.3 is 0 Å². The van der Waals surface area contributed by atoms with Crippen molar-refractivity contribution in [1.82, 2.24) is 4.98 Å². The van der Waals surface area contributed by atoms with Gasteiger partial charge >= 0.3 is 0 Å². The highest BCUT2D eigenvalue weighted by atomic mass is 32.2. The monoisotopic (exact) mass is 206 g/mol. The SMILES string of the molecule is [CH2]S(=O)(=O)c1cncc2ccccc12. The van der Waals surface area contributed by atoms with E-state index in [9.17, 15) is 8.42 Å². The molecule has 1 radical (unpaired) electrons. The third-order valence-corrected chi connectivity index (χ3v) is 2.96. The predicted octanol–water partition coefficient (Wildman–Crippen LogP) is 1.80. The third kappa shape index (κ3) is 1.48. The Labute approximate surface area is 82.3 Å². The quantitative estimate of drug-likeness (QED) is 0.714. The van der Waals surface area contributed by atoms with E-state index in [4.69, 9.17) is 0 Å². The fourth-order valence-corrected chi connectivity index (χ4v) is 2.08. The smallest absolute Gasteiger partial charge is 0.181 e. The molecule has 71 valence electrons. The second-order valence-corrected chi connectivity index (χ2v) is 4.64. The van der Waals surface area contributed by atoms with Gasteiger partial charge in [-0.1, -0.05) is 24.3 Å². The van der Waals surface area contributed by atoms with E-state index >= 15 is 0 Å². The Bertz CT molecular complexity index is 570. The summed E-state index contributed by atoms with van der Waals surface area (Å²) in [5.41, 5.74) is 0. The first-order valence-electron chi connectivity index (χ1n) is 4.00. The van der Waals surface area contributed by atoms with Crippen LogP contribution in [-0.2, 0) is 9.84 Å². The standard InChI is InChI=1S/C10H8NO2S/c1-14(12,13)10-7-11-6-8-4-2-3-5-9(8)10/h2-7H,1H2. The first-order chi connectivity index (χ1) is 6.59. The van der Waals surface area contributed by atoms with Crippen LogP contribution in [0.4, 0.5) is 0 Å². The number of hydrogen-bond acceptors (Lipinski definition) is 3. The fourth-order valence-electron chi connectivity index (χ4n) is 1.34. The molecule has 1 aromatic heterocycles. The summed E-state index contributed by atoms with van der Waals surface area (Å²) >= 11 is 0. The Hall–Kier alpha value is -1.42. The van der Waals surface area contributed by atoms with E-state index in [0.717, 1.165) is 5.39 Å². The highest BCUT2D eigenvalue weighted by Crippen LogP contribution is 2.21. The number of hydrogen-bond donors (Lipinski definition) is 0. The molecule has 0 bridgehead atoms. The lowest BCUT2D eigenvalue weighted by atomic mass is 10.2. The fraction of sp³-hybridized carbons (Fsp3) is 0. The van der Waals surface area contributed by atoms with Gasteiger partial charge in [-0.15, -0.1) is 0 Å². The Balaban J connectivity index is 2.92. The highest BCUT2D eigenvalue weighted by molar-refractivity contribution is 7.92. The van der Waals surface area contributed by atoms with Crippen LogP contribution in [0.1, 0.15) is 0 Å². The van der Waals surface area contributed by atoms with Gasteiger partial charge in [0.05, 0.1) is 11.2 Å². The van der Waals surface area contributed by atoms with Crippen LogP contribution in [0.2, 0.25) is 0 Å². The van der Waals surface area contributed by atoms with Gasteiger partial charge in [-0.2, -0.15) is 0 Å². The van der Waals surface area contributed by atoms with Gasteiger partial charge in [0.2, 0.25) is 0 Å². The minimum absolute atomic E-state index is 0.176. The summed E-state index contributed by atoms with van der Waals surface area (Å²) in [4.78, 5) is 4.04. The molecule has 3 nitrogen and oxygen atoms in total. The van der Waals surface area contributed by atoms with Crippen molar-refractivity contribution in [3.05, 3.63) is 42.9 Å². The van der Waals surface area contributed by atoms with Crippen molar-refractivity contribution < 1.29 is 8.42 Å². The zero-order valence-electron chi connectivity index (χ0n) is 7.34. The van der Waals surface area contributed by atoms with Crippen molar-refractivity contribution >= 4 is 20.6 Å². The Morgan fingerprint density at radius 3 is 2.57 bits per heavy atom. The molecule has 0 unspecified atom stereocenters. The lowest BCUT2D eigenvalue weighted by Gasteiger charge is -2.02. The molecule has 0 atom stereocenters. The summed E-state index contributed by atoms with van der Waals surface area (Å²) in [5, 5.41) is 1.47. The molecule has 14 heavy (non-hydrogen) atoms. The van der Waals surface area contributed by atoms with Crippen LogP contribution in [-0.4, -0.2) is 13.4 Å². The summed E-state index contributed by atoms with van der Waals surface area (Å²) in [6.45, 7) is 0. The average Bonchev–Trinajstić information content (AvgIpc) is 2.15. The zero-order chi connectivity index (χ0) is 10.2. The maximum Gasteiger partial charge on any atom is 0.181 e. The summed E-state index contributed by atoms with van der Waals surface area (Å²) in [7, 11) is -3.44. The second-order valence-electron chi connectivity index (χ2n) is 2.97. The van der Waals surface area contributed by atoms with E-state index < -0.39 is 9.84 Å². The molecular formula is C10H8NO2S. The molecule has 0 N–H and O–H groups in total. The Morgan fingerprint density at radius 1 is 1.14 bits per heavy atom. The minimum atomic E-state index is -3.44. The van der Waals surface area contributed by atoms with Crippen LogP contribution in [0.3, 0.4) is 0 Å². The van der Waals surface area contributed by atoms with Crippen LogP contribution in [0.25, 0.3) is 10.8 Å². The number of nitrogens with zero attached hydrogens (tertiary/aromatic N) is 1. The van der Waals surface area contributed by atoms with Crippen molar-refractivity contribution in [2.24, 2.45) is 0 Å². The lowest BCUT2D eigenvalue weighted by molar-refractivity contribution is 0.605. The number of sulfone groups is 1. The largest absolute Gasteiger partial charge is 0.263 e. The first kappa shape index (κ1) is 9.15. The molecule has 1 heterocycles. The van der Waals surface area contributed by atoms with Crippen LogP contribution in [0.5, 0.6) is 0 Å². The molecule has 0 fully saturated rings. The van der Waals surface area contributed by atoms with E-state index in [1.807, 2.05) is 12.1 Å². The van der Waals surface area contributed by atoms with Crippen LogP contribution >= 0.6 is 0 Å². The van der Waals surface area contributed by atoms with E-state index in [1.54, 1.807) is 18.3 Å². The van der Waals surface area contributed by atoms with E-state index in [2.05, 4.69) is 11.2 Å². The minimum Gasteiger partial charge on any atom is -0.263 e. The number of aromatic nitrogens is 1. The van der Waals surface area contributed by atoms with Gasteiger partial charge in [0.25, 0.3) is 0 Å². The molecule has 2 rings (SSSR count). The molecule has 0 spiro atoms. The Kier molecular flexibility index (Phi) is 2.00. The molecular weight excluding hydrogens is 198 g/mol. The van der Waals surface area contributed by atoms with Crippen molar-refractivity contribution in [2.45, 2.75) is 4.90 Å². The van der Waals surface area contributed by atoms with Crippen molar-refractivity contribution in [3.63, 3.8) is 0 Å². The van der Waals surface area contributed by atoms with Gasteiger partial charge in [0.1, 0.15) is 0 Å². The van der Waals surface area contributed by atoms with Crippen LogP contribution < -0.4 is 0 Å². The maximum absolute atomic E-state index is 11.3. The van der Waals surface area contributed by atoms with Gasteiger partial charge in [0.15, 0.2) is 9.84 Å². The lowest BCUT2D eigenvalue weighted by Crippen LogP contribution is -1.96. The molecule has 0 saturated heterocycles. The molecule has 0 amide bonds. The van der Waals surface area contributed by atoms with Gasteiger partial charge in [-0.25, -0.2) is 8.42 Å². The number of rotatable bonds is 1. The maximum atomic E-state index is 11.3. The van der Waals surface area contributed by atoms with Crippen molar-refractivity contribution in [2.75, 3.05) is 0 Å². The molecule has 0 aliphatic rings. The van der Waals surface area contributed by atoms with E-state index in [-0.39, 0.29) is 4.90 Å². The zero-order valence-corrected chi connectivity index (χ0v) is 8.16. The summed E-state index contributed by atoms with van der Waals surface area (Å²) < 4.78 is 22.6. The Morgan fingerprint density at radius 2 is 1.86 bits per heavy atom. The van der Waals surface area contributed by atoms with Crippen molar-refractivity contribution in [3.8, 4) is 0 Å².